The minimum absolute atomic E-state index is 0.00173. The van der Waals surface area contributed by atoms with Crippen LogP contribution in [0.5, 0.6) is 0 Å². The number of esters is 2. The predicted molar refractivity (Wildman–Crippen MR) is 398 cm³/mol. The summed E-state index contributed by atoms with van der Waals surface area (Å²) >= 11 is 0. The second-order valence-corrected chi connectivity index (χ2v) is 34.5. The van der Waals surface area contributed by atoms with Crippen molar-refractivity contribution in [3.63, 3.8) is 0 Å². The number of hydrogen-bond donors (Lipinski definition) is 11. The average Bonchev–Trinajstić information content (AvgIpc) is 0.775. The number of rotatable bonds is 23. The molecule has 6 rings (SSSR count). The molecule has 0 spiro atoms. The summed E-state index contributed by atoms with van der Waals surface area (Å²) in [6, 6.07) is -1.32. The first kappa shape index (κ1) is 95.3. The molecule has 0 unspecified atom stereocenters. The van der Waals surface area contributed by atoms with Crippen LogP contribution in [-0.2, 0) is 80.7 Å². The van der Waals surface area contributed by atoms with Crippen LogP contribution < -0.4 is 0 Å². The Morgan fingerprint density at radius 3 is 1.29 bits per heavy atom. The lowest BCUT2D eigenvalue weighted by molar-refractivity contribution is -0.319. The van der Waals surface area contributed by atoms with Crippen LogP contribution in [0.2, 0.25) is 0 Å². The van der Waals surface area contributed by atoms with E-state index in [1.165, 1.54) is 42.1 Å². The number of aliphatic hydroxyl groups is 11. The van der Waals surface area contributed by atoms with Gasteiger partial charge in [-0.15, -0.1) is 0 Å². The number of carbonyl (C=O) groups excluding carboxylic acids is 2. The molecule has 31 nitrogen and oxygen atoms in total. The zero-order valence-electron chi connectivity index (χ0n) is 69.8. The highest BCUT2D eigenvalue weighted by atomic mass is 16.8. The molecule has 0 aromatic rings. The van der Waals surface area contributed by atoms with Crippen LogP contribution in [0.1, 0.15) is 190 Å². The van der Waals surface area contributed by atoms with Crippen LogP contribution >= 0.6 is 0 Å². The monoisotopic (exact) mass is 1570 g/mol. The molecule has 0 aromatic carbocycles. The molecular weight excluding hydrogens is 1430 g/mol. The molecule has 0 amide bonds. The number of cyclic esters (lactones) is 2. The summed E-state index contributed by atoms with van der Waals surface area (Å²) in [6.45, 7) is 33.7. The molecule has 11 N–H and O–H groups in total. The number of likely N-dealkylation sites (N-methyl/N-ethyl adjacent to an activating group) is 2. The average molecular weight is 1570 g/mol. The van der Waals surface area contributed by atoms with Crippen LogP contribution in [0.3, 0.4) is 0 Å². The lowest BCUT2D eigenvalue weighted by Crippen LogP contribution is -2.62. The van der Waals surface area contributed by atoms with E-state index in [1.54, 1.807) is 104 Å². The smallest absolute Gasteiger partial charge is 0.311 e. The molecule has 6 heterocycles. The maximum atomic E-state index is 14.9. The highest BCUT2D eigenvalue weighted by Crippen LogP contribution is 2.45. The van der Waals surface area contributed by atoms with Gasteiger partial charge in [0.1, 0.15) is 47.8 Å². The number of carbonyl (C=O) groups is 2. The van der Waals surface area contributed by atoms with Crippen molar-refractivity contribution in [2.24, 2.45) is 52.5 Å². The Morgan fingerprint density at radius 2 is 0.899 bits per heavy atom. The maximum absolute atomic E-state index is 14.9. The molecule has 0 aliphatic carbocycles. The van der Waals surface area contributed by atoms with Gasteiger partial charge < -0.3 is 127 Å². The summed E-state index contributed by atoms with van der Waals surface area (Å²) in [5, 5.41) is 139. The quantitative estimate of drug-likeness (QED) is 0.0301. The summed E-state index contributed by atoms with van der Waals surface area (Å²) in [5.41, 5.74) is -10.1. The molecule has 0 aromatic heterocycles. The van der Waals surface area contributed by atoms with Gasteiger partial charge in [0, 0.05) is 88.9 Å². The molecule has 37 atom stereocenters. The second-order valence-electron chi connectivity index (χ2n) is 34.5. The Bertz CT molecular complexity index is 2830. The van der Waals surface area contributed by atoms with Gasteiger partial charge >= 0.3 is 11.9 Å². The van der Waals surface area contributed by atoms with Gasteiger partial charge in [-0.1, -0.05) is 60.5 Å². The first-order valence-electron chi connectivity index (χ1n) is 39.6. The summed E-state index contributed by atoms with van der Waals surface area (Å²) in [7, 11) is 8.14. The van der Waals surface area contributed by atoms with E-state index in [-0.39, 0.29) is 64.2 Å². The highest BCUT2D eigenvalue weighted by molar-refractivity contribution is 5.89. The second kappa shape index (κ2) is 39.6. The van der Waals surface area contributed by atoms with Gasteiger partial charge in [-0.25, -0.2) is 0 Å². The van der Waals surface area contributed by atoms with E-state index in [0.29, 0.717) is 25.9 Å². The summed E-state index contributed by atoms with van der Waals surface area (Å²) in [5.74, 6) is -9.54. The first-order valence-corrected chi connectivity index (χ1v) is 39.6. The van der Waals surface area contributed by atoms with Gasteiger partial charge in [0.15, 0.2) is 25.2 Å². The summed E-state index contributed by atoms with van der Waals surface area (Å²) in [6.07, 6.45) is -24.5. The van der Waals surface area contributed by atoms with Crippen LogP contribution in [0.4, 0.5) is 0 Å². The highest BCUT2D eigenvalue weighted by Gasteiger charge is 2.57. The third kappa shape index (κ3) is 22.4. The van der Waals surface area contributed by atoms with Crippen molar-refractivity contribution in [3.8, 4) is 0 Å². The number of aliphatic hydroxyl groups excluding tert-OH is 7. The normalized spacial score (nSPS) is 48.5. The Morgan fingerprint density at radius 1 is 0.495 bits per heavy atom. The van der Waals surface area contributed by atoms with Crippen molar-refractivity contribution in [3.05, 3.63) is 0 Å². The maximum Gasteiger partial charge on any atom is 0.311 e. The minimum atomic E-state index is -2.07. The van der Waals surface area contributed by atoms with Crippen molar-refractivity contribution in [1.82, 2.24) is 9.80 Å². The molecular formula is C78H143N3O28. The number of ether oxygens (including phenoxy) is 14. The Kier molecular flexibility index (Phi) is 34.6. The van der Waals surface area contributed by atoms with Crippen molar-refractivity contribution < 1.29 is 137 Å². The Balaban J connectivity index is 1.33. The minimum Gasteiger partial charge on any atom is -0.459 e. The zero-order chi connectivity index (χ0) is 82.3. The number of hydrogen-bond acceptors (Lipinski definition) is 31. The standard InChI is InChI=1S/C78H143N3O28/c1-26-53-77(19,93)63(85)43(7)57(79-99-38-98-31-30-95-23)39(3)34-73(15,91)67(45(9)61(47(11)69(89)104-53)106-55-36-75(17,96-24)65(87)49(13)102-55)108-71-59(83)51(32-41(5)100-71)80(21)28-29-81(22)52-33-42(6)101-72(60(52)84)109-68-46(10)62(107-56-37-76(18,97-25)66(88)50(14)103-56)48(12)70(90)105-54(27-2)78(20,94)64(86)44(8)58(82)40(4)35-74(68,16)92/h39-56,58-68,71-72,82-88,91-94H,26-38H2,1-25H3/b79-57-/t39-,40-,41-,42-,43+,44+,45+,46+,47-,48-,49+,50+,51+,52+,53-,54-,55+,56+,58+,59-,60-,61+,62+,63-,64-,65+,66+,67-,68-,71+,72+,73-,74-,75-,76-,77-,78-/m1/s1. The number of methoxy groups -OCH3 is 3. The third-order valence-electron chi connectivity index (χ3n) is 25.3. The van der Waals surface area contributed by atoms with E-state index >= 15 is 0 Å². The fourth-order valence-electron chi connectivity index (χ4n) is 18.0. The molecule has 31 heteroatoms. The molecule has 638 valence electrons. The van der Waals surface area contributed by atoms with Crippen LogP contribution in [0, 0.1) is 47.3 Å². The van der Waals surface area contributed by atoms with Gasteiger partial charge in [-0.05, 0) is 142 Å². The van der Waals surface area contributed by atoms with Crippen molar-refractivity contribution >= 4 is 17.7 Å². The van der Waals surface area contributed by atoms with E-state index in [4.69, 9.17) is 71.2 Å². The molecule has 6 aliphatic rings. The van der Waals surface area contributed by atoms with Crippen molar-refractivity contribution in [2.75, 3.05) is 68.5 Å². The molecule has 0 bridgehead atoms. The predicted octanol–water partition coefficient (Wildman–Crippen LogP) is 3.54. The first-order chi connectivity index (χ1) is 50.6. The summed E-state index contributed by atoms with van der Waals surface area (Å²) in [4.78, 5) is 39.2. The van der Waals surface area contributed by atoms with Gasteiger partial charge in [0.05, 0.1) is 120 Å². The third-order valence-corrected chi connectivity index (χ3v) is 25.3. The molecule has 0 saturated carbocycles. The van der Waals surface area contributed by atoms with Gasteiger partial charge in [-0.2, -0.15) is 0 Å². The Labute approximate surface area is 647 Å². The molecule has 0 radical (unpaired) electrons. The molecule has 6 saturated heterocycles. The fraction of sp³-hybridized carbons (Fsp3) is 0.962. The van der Waals surface area contributed by atoms with Crippen molar-refractivity contribution in [2.45, 2.75) is 364 Å². The van der Waals surface area contributed by atoms with E-state index < -0.39 is 234 Å². The van der Waals surface area contributed by atoms with Crippen LogP contribution in [0.15, 0.2) is 5.16 Å². The van der Waals surface area contributed by atoms with E-state index in [9.17, 15) is 65.8 Å². The number of oxime groups is 1. The SMILES string of the molecule is CC[C@H]1OC(=O)[C@H](C)[C@@H](O[C@H]2C[C@@](C)(OC)[C@@H](O)[C@H](C)O2)[C@H](C)[C@@H](O[C@@H]2O[C@H](C)C[C@H](N(C)CCN(C)[C@H]3C[C@@H](C)O[C@@H](O[C@@H]4[C@@H](C)[C@H](O[C@H]5C[C@@](C)(OC)[C@@H](O)[C@H](C)O5)[C@@H](C)C(=O)O[C@H](CC)[C@@](C)(O)[C@H](O)[C@@H](C)/C(=N\OCOCCOC)[C@H](C)C[C@@]4(C)O)[C@@H]3O)[C@H]2O)[C@](C)(O)C[C@@H](C)[C@H](O)[C@H](C)[C@@H](O)[C@]1(C)O. The summed E-state index contributed by atoms with van der Waals surface area (Å²) < 4.78 is 88.1. The Hall–Kier alpha value is -2.59. The van der Waals surface area contributed by atoms with Gasteiger partial charge in [0.2, 0.25) is 6.79 Å². The molecule has 6 aliphatic heterocycles. The lowest BCUT2D eigenvalue weighted by Gasteiger charge is -2.50. The van der Waals surface area contributed by atoms with Crippen molar-refractivity contribution in [1.29, 1.82) is 0 Å². The van der Waals surface area contributed by atoms with E-state index in [0.717, 1.165) is 0 Å². The van der Waals surface area contributed by atoms with Crippen LogP contribution in [0.25, 0.3) is 0 Å². The lowest BCUT2D eigenvalue weighted by atomic mass is 9.73. The molecule has 109 heavy (non-hydrogen) atoms. The topological polar surface area (TPSA) is 414 Å². The zero-order valence-corrected chi connectivity index (χ0v) is 69.8. The van der Waals surface area contributed by atoms with Crippen LogP contribution in [-0.4, -0.2) is 327 Å². The van der Waals surface area contributed by atoms with E-state index in [2.05, 4.69) is 5.16 Å². The molecule has 6 fully saturated rings. The van der Waals surface area contributed by atoms with Gasteiger partial charge in [0.25, 0.3) is 0 Å². The van der Waals surface area contributed by atoms with Gasteiger partial charge in [-0.3, -0.25) is 19.4 Å². The largest absolute Gasteiger partial charge is 0.459 e. The van der Waals surface area contributed by atoms with E-state index in [1.807, 2.05) is 37.7 Å². The fourth-order valence-corrected chi connectivity index (χ4v) is 18.0. The number of nitrogens with zero attached hydrogens (tertiary/aromatic N) is 3.